The number of carbonyl (C=O) groups is 1. The molecule has 3 rings (SSSR count). The summed E-state index contributed by atoms with van der Waals surface area (Å²) in [7, 11) is -0.208. The Labute approximate surface area is 207 Å². The van der Waals surface area contributed by atoms with Crippen LogP contribution in [0.2, 0.25) is 0 Å². The Hall–Kier alpha value is -2.72. The molecule has 0 N–H and O–H groups in total. The zero-order valence-electron chi connectivity index (χ0n) is 21.3. The van der Waals surface area contributed by atoms with Crippen LogP contribution in [0.15, 0.2) is 93.5 Å². The highest BCUT2D eigenvalue weighted by Gasteiger charge is 2.29. The number of hydrogen-bond donors (Lipinski definition) is 0. The van der Waals surface area contributed by atoms with Gasteiger partial charge < -0.3 is 9.47 Å². The Kier molecular flexibility index (Phi) is 8.48. The summed E-state index contributed by atoms with van der Waals surface area (Å²) in [5.74, 6) is 0.590. The lowest BCUT2D eigenvalue weighted by atomic mass is 9.87. The molecule has 0 saturated heterocycles. The van der Waals surface area contributed by atoms with Gasteiger partial charge in [0.15, 0.2) is 14.7 Å². The average Bonchev–Trinajstić information content (AvgIpc) is 2.83. The fraction of sp³-hybridized carbons (Fsp3) is 0.367. The molecule has 180 valence electrons. The Balaban J connectivity index is 1.72. The van der Waals surface area contributed by atoms with E-state index in [-0.39, 0.29) is 28.9 Å². The second-order valence-electron chi connectivity index (χ2n) is 10.1. The van der Waals surface area contributed by atoms with Crippen molar-refractivity contribution in [3.63, 3.8) is 0 Å². The van der Waals surface area contributed by atoms with Crippen LogP contribution < -0.4 is 4.74 Å². The average molecular weight is 478 g/mol. The van der Waals surface area contributed by atoms with E-state index in [1.165, 1.54) is 20.2 Å². The molecule has 0 amide bonds. The van der Waals surface area contributed by atoms with Crippen molar-refractivity contribution < 1.29 is 14.3 Å². The molecule has 0 aliphatic heterocycles. The number of carbonyl (C=O) groups excluding carboxylic acids is 1. The molecule has 0 aromatic heterocycles. The molecule has 0 heterocycles. The summed E-state index contributed by atoms with van der Waals surface area (Å²) >= 11 is 0. The van der Waals surface area contributed by atoms with Crippen LogP contribution in [0.25, 0.3) is 0 Å². The van der Waals surface area contributed by atoms with Crippen LogP contribution in [0.4, 0.5) is 0 Å². The summed E-state index contributed by atoms with van der Waals surface area (Å²) in [5.41, 5.74) is 1.00. The van der Waals surface area contributed by atoms with Crippen LogP contribution in [-0.4, -0.2) is 19.2 Å². The molecule has 0 radical (unpaired) electrons. The molecule has 0 bridgehead atoms. The van der Waals surface area contributed by atoms with Crippen molar-refractivity contribution in [3.05, 3.63) is 84.4 Å². The van der Waals surface area contributed by atoms with Crippen molar-refractivity contribution in [1.29, 1.82) is 0 Å². The highest BCUT2D eigenvalue weighted by molar-refractivity contribution is 7.97. The summed E-state index contributed by atoms with van der Waals surface area (Å²) in [4.78, 5) is 15.9. The molecule has 0 aliphatic carbocycles. The van der Waals surface area contributed by atoms with Crippen molar-refractivity contribution in [2.24, 2.45) is 5.41 Å². The molecule has 34 heavy (non-hydrogen) atoms. The van der Waals surface area contributed by atoms with Crippen LogP contribution in [0.3, 0.4) is 0 Å². The van der Waals surface area contributed by atoms with E-state index in [1.807, 2.05) is 32.9 Å². The Morgan fingerprint density at radius 3 is 1.79 bits per heavy atom. The van der Waals surface area contributed by atoms with Crippen LogP contribution in [0, 0.1) is 5.41 Å². The Morgan fingerprint density at radius 2 is 1.26 bits per heavy atom. The van der Waals surface area contributed by atoms with Crippen LogP contribution >= 0.6 is 0 Å². The highest BCUT2D eigenvalue weighted by Crippen LogP contribution is 2.33. The number of hydrogen-bond acceptors (Lipinski definition) is 3. The van der Waals surface area contributed by atoms with E-state index in [2.05, 4.69) is 87.5 Å². The number of esters is 1. The fourth-order valence-electron chi connectivity index (χ4n) is 3.36. The second kappa shape index (κ2) is 11.1. The minimum absolute atomic E-state index is 0.128. The largest absolute Gasteiger partial charge is 0.490 e. The molecule has 1 atom stereocenters. The van der Waals surface area contributed by atoms with Gasteiger partial charge in [0.1, 0.15) is 19.0 Å². The topological polar surface area (TPSA) is 35.5 Å². The smallest absolute Gasteiger partial charge is 0.311 e. The maximum absolute atomic E-state index is 12.1. The predicted molar refractivity (Wildman–Crippen MR) is 141 cm³/mol. The first-order valence-electron chi connectivity index (χ1n) is 11.9. The number of benzene rings is 3. The third-order valence-corrected chi connectivity index (χ3v) is 8.25. The molecular formula is C30H37O3S+. The van der Waals surface area contributed by atoms with Gasteiger partial charge in [-0.1, -0.05) is 58.0 Å². The van der Waals surface area contributed by atoms with E-state index in [1.54, 1.807) is 0 Å². The van der Waals surface area contributed by atoms with Crippen molar-refractivity contribution >= 4 is 16.9 Å². The maximum Gasteiger partial charge on any atom is 0.311 e. The van der Waals surface area contributed by atoms with Gasteiger partial charge in [-0.15, -0.1) is 0 Å². The van der Waals surface area contributed by atoms with Gasteiger partial charge in [0.05, 0.1) is 16.3 Å². The van der Waals surface area contributed by atoms with E-state index in [4.69, 9.17) is 9.47 Å². The number of rotatable bonds is 9. The quantitative estimate of drug-likeness (QED) is 0.182. The van der Waals surface area contributed by atoms with Gasteiger partial charge in [-0.05, 0) is 79.8 Å². The van der Waals surface area contributed by atoms with Gasteiger partial charge >= 0.3 is 5.97 Å². The van der Waals surface area contributed by atoms with E-state index < -0.39 is 5.41 Å². The molecular weight excluding hydrogens is 440 g/mol. The summed E-state index contributed by atoms with van der Waals surface area (Å²) < 4.78 is 11.2. The normalized spacial score (nSPS) is 12.8. The van der Waals surface area contributed by atoms with E-state index in [0.717, 1.165) is 12.2 Å². The van der Waals surface area contributed by atoms with E-state index in [9.17, 15) is 4.79 Å². The molecule has 0 aliphatic rings. The summed E-state index contributed by atoms with van der Waals surface area (Å²) in [5, 5.41) is 0. The van der Waals surface area contributed by atoms with Crippen LogP contribution in [0.1, 0.15) is 53.5 Å². The lowest BCUT2D eigenvalue weighted by Crippen LogP contribution is -2.27. The van der Waals surface area contributed by atoms with Crippen molar-refractivity contribution in [2.45, 2.75) is 68.1 Å². The van der Waals surface area contributed by atoms with Crippen molar-refractivity contribution in [1.82, 2.24) is 0 Å². The molecule has 3 aromatic carbocycles. The monoisotopic (exact) mass is 477 g/mol. The Bertz CT molecular complexity index is 1050. The minimum Gasteiger partial charge on any atom is -0.490 e. The zero-order chi connectivity index (χ0) is 24.8. The van der Waals surface area contributed by atoms with Gasteiger partial charge in [-0.2, -0.15) is 0 Å². The Morgan fingerprint density at radius 1 is 0.735 bits per heavy atom. The maximum atomic E-state index is 12.1. The minimum atomic E-state index is -0.458. The summed E-state index contributed by atoms with van der Waals surface area (Å²) in [6.45, 7) is 13.1. The van der Waals surface area contributed by atoms with Gasteiger partial charge in [0.2, 0.25) is 0 Å². The molecule has 3 nitrogen and oxygen atoms in total. The molecule has 4 heteroatoms. The van der Waals surface area contributed by atoms with Crippen LogP contribution in [-0.2, 0) is 25.8 Å². The van der Waals surface area contributed by atoms with Gasteiger partial charge in [-0.25, -0.2) is 0 Å². The third-order valence-electron chi connectivity index (χ3n) is 6.02. The van der Waals surface area contributed by atoms with Gasteiger partial charge in [0.25, 0.3) is 0 Å². The lowest BCUT2D eigenvalue weighted by Gasteiger charge is -2.20. The van der Waals surface area contributed by atoms with Gasteiger partial charge in [0, 0.05) is 0 Å². The summed E-state index contributed by atoms with van der Waals surface area (Å²) in [6.07, 6.45) is 0.746. The van der Waals surface area contributed by atoms with E-state index in [0.29, 0.717) is 6.61 Å². The first-order valence-corrected chi connectivity index (χ1v) is 13.1. The molecule has 0 fully saturated rings. The SMILES string of the molecule is CCC(C)(C)C(=O)OCCOc1ccc([S+](c2ccccc2)c2ccc(C(C)(C)C)cc2)cc1. The first-order chi connectivity index (χ1) is 16.1. The fourth-order valence-corrected chi connectivity index (χ4v) is 5.42. The van der Waals surface area contributed by atoms with Crippen LogP contribution in [0.5, 0.6) is 5.75 Å². The highest BCUT2D eigenvalue weighted by atomic mass is 32.2. The predicted octanol–water partition coefficient (Wildman–Crippen LogP) is 7.44. The van der Waals surface area contributed by atoms with Crippen molar-refractivity contribution in [2.75, 3.05) is 13.2 Å². The molecule has 1 unspecified atom stereocenters. The summed E-state index contributed by atoms with van der Waals surface area (Å²) in [6, 6.07) is 27.9. The van der Waals surface area contributed by atoms with Crippen molar-refractivity contribution in [3.8, 4) is 5.75 Å². The number of ether oxygens (including phenoxy) is 2. The zero-order valence-corrected chi connectivity index (χ0v) is 22.1. The molecule has 0 spiro atoms. The molecule has 0 saturated carbocycles. The van der Waals surface area contributed by atoms with E-state index >= 15 is 0 Å². The van der Waals surface area contributed by atoms with Gasteiger partial charge in [-0.3, -0.25) is 4.79 Å². The first kappa shape index (κ1) is 25.9. The third kappa shape index (κ3) is 6.66. The lowest BCUT2D eigenvalue weighted by molar-refractivity contribution is -0.154. The molecule has 3 aromatic rings. The second-order valence-corrected chi connectivity index (χ2v) is 12.1. The standard InChI is InChI=1S/C30H37O3S/c1-7-30(5,6)28(31)33-22-21-32-24-15-19-27(20-16-24)34(25-11-9-8-10-12-25)26-17-13-23(14-18-26)29(2,3)4/h8-20H,7,21-22H2,1-6H3/q+1.